The summed E-state index contributed by atoms with van der Waals surface area (Å²) in [4.78, 5) is 26.3. The topological polar surface area (TPSA) is 78.7 Å². The Balaban J connectivity index is 1.66. The van der Waals surface area contributed by atoms with Crippen molar-refractivity contribution in [3.63, 3.8) is 0 Å². The van der Waals surface area contributed by atoms with Gasteiger partial charge in [-0.3, -0.25) is 9.48 Å². The molecular formula is C17H18BrFN4O3. The molecular weight excluding hydrogens is 407 g/mol. The lowest BCUT2D eigenvalue weighted by molar-refractivity contribution is 0.0780. The Labute approximate surface area is 158 Å². The summed E-state index contributed by atoms with van der Waals surface area (Å²) in [7, 11) is 1.60. The van der Waals surface area contributed by atoms with Crippen molar-refractivity contribution in [3.8, 4) is 0 Å². The zero-order valence-electron chi connectivity index (χ0n) is 14.1. The number of benzene rings is 1. The average Bonchev–Trinajstić information content (AvgIpc) is 3.25. The number of halogens is 2. The van der Waals surface area contributed by atoms with Crippen LogP contribution in [0.25, 0.3) is 0 Å². The molecule has 0 radical (unpaired) electrons. The molecule has 3 rings (SSSR count). The Morgan fingerprint density at radius 1 is 1.46 bits per heavy atom. The van der Waals surface area contributed by atoms with Gasteiger partial charge in [0.15, 0.2) is 0 Å². The van der Waals surface area contributed by atoms with Crippen LogP contribution < -0.4 is 0 Å². The van der Waals surface area contributed by atoms with E-state index < -0.39 is 17.8 Å². The first kappa shape index (κ1) is 18.4. The summed E-state index contributed by atoms with van der Waals surface area (Å²) in [5, 5.41) is 13.3. The van der Waals surface area contributed by atoms with Gasteiger partial charge < -0.3 is 14.9 Å². The summed E-state index contributed by atoms with van der Waals surface area (Å²) in [6, 6.07) is 4.59. The lowest BCUT2D eigenvalue weighted by Crippen LogP contribution is -2.27. The minimum absolute atomic E-state index is 0.00200. The van der Waals surface area contributed by atoms with Crippen molar-refractivity contribution < 1.29 is 19.1 Å². The van der Waals surface area contributed by atoms with E-state index in [1.54, 1.807) is 30.2 Å². The molecule has 1 aromatic heterocycles. The van der Waals surface area contributed by atoms with Crippen LogP contribution in [-0.2, 0) is 6.54 Å². The second-order valence-electron chi connectivity index (χ2n) is 6.26. The van der Waals surface area contributed by atoms with Crippen LogP contribution in [0.2, 0.25) is 0 Å². The fourth-order valence-corrected chi connectivity index (χ4v) is 3.38. The van der Waals surface area contributed by atoms with Crippen molar-refractivity contribution in [2.75, 3.05) is 20.1 Å². The molecule has 1 saturated heterocycles. The van der Waals surface area contributed by atoms with Gasteiger partial charge in [0.2, 0.25) is 0 Å². The summed E-state index contributed by atoms with van der Waals surface area (Å²) >= 11 is 3.08. The monoisotopic (exact) mass is 424 g/mol. The molecule has 0 bridgehead atoms. The highest BCUT2D eigenvalue weighted by Crippen LogP contribution is 2.22. The van der Waals surface area contributed by atoms with Crippen molar-refractivity contribution >= 4 is 27.9 Å². The third kappa shape index (κ3) is 3.72. The normalized spacial score (nSPS) is 16.7. The van der Waals surface area contributed by atoms with Gasteiger partial charge in [-0.1, -0.05) is 6.07 Å². The zero-order chi connectivity index (χ0) is 18.8. The fraction of sp³-hybridized carbons (Fsp3) is 0.353. The van der Waals surface area contributed by atoms with E-state index >= 15 is 0 Å². The summed E-state index contributed by atoms with van der Waals surface area (Å²) in [6.07, 6.45) is 3.22. The second kappa shape index (κ2) is 7.45. The van der Waals surface area contributed by atoms with E-state index in [1.807, 2.05) is 0 Å². The number of carbonyl (C=O) groups excluding carboxylic acids is 1. The van der Waals surface area contributed by atoms with Crippen molar-refractivity contribution in [1.29, 1.82) is 0 Å². The van der Waals surface area contributed by atoms with Crippen LogP contribution >= 0.6 is 15.9 Å². The van der Waals surface area contributed by atoms with E-state index in [1.165, 1.54) is 21.9 Å². The number of likely N-dealkylation sites (tertiary alicyclic amines) is 1. The van der Waals surface area contributed by atoms with Crippen LogP contribution in [0.1, 0.15) is 28.4 Å². The van der Waals surface area contributed by atoms with E-state index in [0.717, 1.165) is 5.56 Å². The van der Waals surface area contributed by atoms with E-state index in [0.29, 0.717) is 19.5 Å². The number of carbonyl (C=O) groups is 2. The smallest absolute Gasteiger partial charge is 0.407 e. The van der Waals surface area contributed by atoms with Crippen molar-refractivity contribution in [1.82, 2.24) is 19.6 Å². The van der Waals surface area contributed by atoms with E-state index in [9.17, 15) is 14.0 Å². The molecule has 1 fully saturated rings. The lowest BCUT2D eigenvalue weighted by atomic mass is 10.2. The van der Waals surface area contributed by atoms with Crippen LogP contribution in [0.4, 0.5) is 9.18 Å². The number of aromatic nitrogens is 2. The number of amides is 2. The van der Waals surface area contributed by atoms with Crippen LogP contribution in [0, 0.1) is 5.82 Å². The van der Waals surface area contributed by atoms with Gasteiger partial charge in [0.25, 0.3) is 5.91 Å². The predicted molar refractivity (Wildman–Crippen MR) is 95.4 cm³/mol. The van der Waals surface area contributed by atoms with Gasteiger partial charge in [-0.05, 0) is 34.5 Å². The molecule has 7 nitrogen and oxygen atoms in total. The van der Waals surface area contributed by atoms with E-state index in [4.69, 9.17) is 5.11 Å². The number of hydrogen-bond donors (Lipinski definition) is 1. The molecule has 1 aliphatic heterocycles. The molecule has 1 aliphatic rings. The molecule has 0 aliphatic carbocycles. The van der Waals surface area contributed by atoms with Gasteiger partial charge in [0, 0.05) is 38.4 Å². The maximum Gasteiger partial charge on any atom is 0.407 e. The van der Waals surface area contributed by atoms with E-state index in [-0.39, 0.29) is 22.6 Å². The highest BCUT2D eigenvalue weighted by Gasteiger charge is 2.27. The Bertz CT molecular complexity index is 841. The maximum absolute atomic E-state index is 14.1. The molecule has 26 heavy (non-hydrogen) atoms. The molecule has 9 heteroatoms. The first-order valence-electron chi connectivity index (χ1n) is 8.07. The lowest BCUT2D eigenvalue weighted by Gasteiger charge is -2.17. The minimum Gasteiger partial charge on any atom is -0.465 e. The summed E-state index contributed by atoms with van der Waals surface area (Å²) in [5.74, 6) is -1.01. The van der Waals surface area contributed by atoms with Gasteiger partial charge in [-0.15, -0.1) is 0 Å². The Kier molecular flexibility index (Phi) is 5.26. The van der Waals surface area contributed by atoms with Gasteiger partial charge in [0.05, 0.1) is 22.3 Å². The molecule has 2 heterocycles. The van der Waals surface area contributed by atoms with Gasteiger partial charge >= 0.3 is 6.09 Å². The molecule has 0 spiro atoms. The van der Waals surface area contributed by atoms with E-state index in [2.05, 4.69) is 21.0 Å². The standard InChI is InChI=1S/C17H18BrFN4O3/c1-21(16(24)13-3-2-4-14(18)15(13)19)8-11-7-20-23(9-11)12-5-6-22(10-12)17(25)26/h2-4,7,9,12H,5-6,8,10H2,1H3,(H,25,26). The number of nitrogens with zero attached hydrogens (tertiary/aromatic N) is 4. The molecule has 1 atom stereocenters. The third-order valence-electron chi connectivity index (χ3n) is 4.41. The zero-order valence-corrected chi connectivity index (χ0v) is 15.7. The summed E-state index contributed by atoms with van der Waals surface area (Å²) in [5.41, 5.74) is 0.798. The molecule has 2 amide bonds. The van der Waals surface area contributed by atoms with Crippen molar-refractivity contribution in [2.24, 2.45) is 0 Å². The molecule has 1 unspecified atom stereocenters. The van der Waals surface area contributed by atoms with Crippen LogP contribution in [0.15, 0.2) is 35.1 Å². The number of hydrogen-bond acceptors (Lipinski definition) is 3. The summed E-state index contributed by atoms with van der Waals surface area (Å²) < 4.78 is 16.1. The average molecular weight is 425 g/mol. The Hall–Kier alpha value is -2.42. The highest BCUT2D eigenvalue weighted by atomic mass is 79.9. The van der Waals surface area contributed by atoms with Crippen LogP contribution in [0.5, 0.6) is 0 Å². The van der Waals surface area contributed by atoms with Crippen molar-refractivity contribution in [3.05, 3.63) is 52.0 Å². The minimum atomic E-state index is -0.929. The van der Waals surface area contributed by atoms with Crippen LogP contribution in [-0.4, -0.2) is 56.8 Å². The maximum atomic E-state index is 14.1. The molecule has 138 valence electrons. The quantitative estimate of drug-likeness (QED) is 0.817. The molecule has 1 aromatic carbocycles. The number of rotatable bonds is 4. The predicted octanol–water partition coefficient (Wildman–Crippen LogP) is 2.98. The molecule has 1 N–H and O–H groups in total. The molecule has 2 aromatic rings. The second-order valence-corrected chi connectivity index (χ2v) is 7.12. The van der Waals surface area contributed by atoms with Gasteiger partial charge in [-0.2, -0.15) is 5.10 Å². The first-order chi connectivity index (χ1) is 12.4. The van der Waals surface area contributed by atoms with Gasteiger partial charge in [0.1, 0.15) is 5.82 Å². The SMILES string of the molecule is CN(Cc1cnn(C2CCN(C(=O)O)C2)c1)C(=O)c1cccc(Br)c1F. The third-order valence-corrected chi connectivity index (χ3v) is 5.02. The Morgan fingerprint density at radius 2 is 2.23 bits per heavy atom. The summed E-state index contributed by atoms with van der Waals surface area (Å²) in [6.45, 7) is 1.16. The van der Waals surface area contributed by atoms with Crippen LogP contribution in [0.3, 0.4) is 0 Å². The largest absolute Gasteiger partial charge is 0.465 e. The van der Waals surface area contributed by atoms with Gasteiger partial charge in [-0.25, -0.2) is 9.18 Å². The van der Waals surface area contributed by atoms with Crippen molar-refractivity contribution in [2.45, 2.75) is 19.0 Å². The first-order valence-corrected chi connectivity index (χ1v) is 8.86. The fourth-order valence-electron chi connectivity index (χ4n) is 3.01. The highest BCUT2D eigenvalue weighted by molar-refractivity contribution is 9.10. The molecule has 0 saturated carbocycles. The number of carboxylic acid groups (broad SMARTS) is 1. The Morgan fingerprint density at radius 3 is 2.92 bits per heavy atom.